The molecular weight excluding hydrogens is 346 g/mol. The van der Waals surface area contributed by atoms with E-state index in [2.05, 4.69) is 19.2 Å². The number of carbonyl (C=O) groups is 3. The summed E-state index contributed by atoms with van der Waals surface area (Å²) in [6.07, 6.45) is 2.30. The van der Waals surface area contributed by atoms with E-state index < -0.39 is 12.0 Å². The maximum atomic E-state index is 12.2. The number of likely N-dealkylation sites (tertiary alicyclic amines) is 1. The Labute approximate surface area is 156 Å². The van der Waals surface area contributed by atoms with E-state index in [1.54, 1.807) is 18.9 Å². The first-order valence-electron chi connectivity index (χ1n) is 8.70. The van der Waals surface area contributed by atoms with Crippen LogP contribution < -0.4 is 5.32 Å². The van der Waals surface area contributed by atoms with Gasteiger partial charge in [0.25, 0.3) is 0 Å². The summed E-state index contributed by atoms with van der Waals surface area (Å²) >= 11 is 0. The molecule has 1 unspecified atom stereocenters. The predicted octanol–water partition coefficient (Wildman–Crippen LogP) is 1.21. The fourth-order valence-electron chi connectivity index (χ4n) is 2.66. The SMILES string of the molecule is CC(C)CCNC(=O)C1CCN(C(=O)CN(C)C(C)C(=O)O)CC1.Cl. The Morgan fingerprint density at radius 3 is 2.24 bits per heavy atom. The molecule has 0 saturated carbocycles. The number of aliphatic carboxylic acids is 1. The zero-order valence-electron chi connectivity index (χ0n) is 15.7. The van der Waals surface area contributed by atoms with E-state index in [1.165, 1.54) is 4.90 Å². The van der Waals surface area contributed by atoms with Gasteiger partial charge in [0, 0.05) is 25.6 Å². The van der Waals surface area contributed by atoms with E-state index in [-0.39, 0.29) is 36.7 Å². The third-order valence-electron chi connectivity index (χ3n) is 4.64. The van der Waals surface area contributed by atoms with Crippen LogP contribution in [0.4, 0.5) is 0 Å². The number of carboxylic acids is 1. The Hall–Kier alpha value is -1.34. The molecule has 1 aliphatic rings. The van der Waals surface area contributed by atoms with E-state index in [0.717, 1.165) is 6.42 Å². The largest absolute Gasteiger partial charge is 0.480 e. The lowest BCUT2D eigenvalue weighted by molar-refractivity contribution is -0.144. The minimum atomic E-state index is -0.943. The van der Waals surface area contributed by atoms with Crippen LogP contribution in [-0.2, 0) is 14.4 Å². The van der Waals surface area contributed by atoms with Gasteiger partial charge in [0.2, 0.25) is 11.8 Å². The highest BCUT2D eigenvalue weighted by atomic mass is 35.5. The molecule has 1 rings (SSSR count). The van der Waals surface area contributed by atoms with Gasteiger partial charge in [-0.3, -0.25) is 19.3 Å². The van der Waals surface area contributed by atoms with Crippen LogP contribution in [-0.4, -0.2) is 72.0 Å². The highest BCUT2D eigenvalue weighted by molar-refractivity contribution is 5.85. The number of hydrogen-bond acceptors (Lipinski definition) is 4. The Morgan fingerprint density at radius 2 is 1.76 bits per heavy atom. The van der Waals surface area contributed by atoms with Gasteiger partial charge in [0.05, 0.1) is 6.54 Å². The molecule has 146 valence electrons. The second kappa shape index (κ2) is 11.3. The summed E-state index contributed by atoms with van der Waals surface area (Å²) in [6.45, 7) is 7.69. The van der Waals surface area contributed by atoms with Crippen molar-refractivity contribution < 1.29 is 19.5 Å². The maximum absolute atomic E-state index is 12.2. The number of halogens is 1. The second-order valence-electron chi connectivity index (χ2n) is 7.06. The van der Waals surface area contributed by atoms with E-state index in [4.69, 9.17) is 5.11 Å². The first kappa shape index (κ1) is 23.7. The molecule has 0 aromatic heterocycles. The fourth-order valence-corrected chi connectivity index (χ4v) is 2.66. The fraction of sp³-hybridized carbons (Fsp3) is 0.824. The van der Waals surface area contributed by atoms with Gasteiger partial charge in [-0.15, -0.1) is 12.4 Å². The third-order valence-corrected chi connectivity index (χ3v) is 4.64. The zero-order chi connectivity index (χ0) is 18.3. The van der Waals surface area contributed by atoms with Crippen molar-refractivity contribution in [2.75, 3.05) is 33.2 Å². The molecule has 7 nitrogen and oxygen atoms in total. The van der Waals surface area contributed by atoms with Gasteiger partial charge in [-0.05, 0) is 39.2 Å². The molecule has 0 aromatic rings. The van der Waals surface area contributed by atoms with Crippen LogP contribution in [0, 0.1) is 11.8 Å². The molecule has 1 saturated heterocycles. The van der Waals surface area contributed by atoms with Crippen molar-refractivity contribution in [3.63, 3.8) is 0 Å². The average molecular weight is 378 g/mol. The van der Waals surface area contributed by atoms with E-state index >= 15 is 0 Å². The van der Waals surface area contributed by atoms with Crippen molar-refractivity contribution in [2.24, 2.45) is 11.8 Å². The van der Waals surface area contributed by atoms with Crippen molar-refractivity contribution in [1.82, 2.24) is 15.1 Å². The highest BCUT2D eigenvalue weighted by Crippen LogP contribution is 2.18. The normalized spacial score (nSPS) is 16.5. The van der Waals surface area contributed by atoms with Crippen LogP contribution in [0.2, 0.25) is 0 Å². The molecule has 2 amide bonds. The Morgan fingerprint density at radius 1 is 1.20 bits per heavy atom. The van der Waals surface area contributed by atoms with Gasteiger partial charge < -0.3 is 15.3 Å². The number of hydrogen-bond donors (Lipinski definition) is 2. The molecule has 25 heavy (non-hydrogen) atoms. The summed E-state index contributed by atoms with van der Waals surface area (Å²) in [5.74, 6) is -0.405. The standard InChI is InChI=1S/C17H31N3O4.ClH/c1-12(2)5-8-18-16(22)14-6-9-20(10-7-14)15(21)11-19(4)13(3)17(23)24;/h12-14H,5-11H2,1-4H3,(H,18,22)(H,23,24);1H. The van der Waals surface area contributed by atoms with Crippen LogP contribution in [0.5, 0.6) is 0 Å². The zero-order valence-corrected chi connectivity index (χ0v) is 16.5. The molecule has 1 aliphatic heterocycles. The second-order valence-corrected chi connectivity index (χ2v) is 7.06. The number of likely N-dealkylation sites (N-methyl/N-ethyl adjacent to an activating group) is 1. The lowest BCUT2D eigenvalue weighted by Crippen LogP contribution is -2.48. The minimum Gasteiger partial charge on any atom is -0.480 e. The Bertz CT molecular complexity index is 451. The molecule has 0 spiro atoms. The van der Waals surface area contributed by atoms with E-state index in [9.17, 15) is 14.4 Å². The number of amides is 2. The molecule has 0 radical (unpaired) electrons. The predicted molar refractivity (Wildman–Crippen MR) is 98.7 cm³/mol. The molecule has 2 N–H and O–H groups in total. The van der Waals surface area contributed by atoms with Crippen molar-refractivity contribution in [3.05, 3.63) is 0 Å². The first-order chi connectivity index (χ1) is 11.2. The van der Waals surface area contributed by atoms with E-state index in [1.807, 2.05) is 0 Å². The summed E-state index contributed by atoms with van der Waals surface area (Å²) < 4.78 is 0. The molecular formula is C17H32ClN3O4. The smallest absolute Gasteiger partial charge is 0.320 e. The number of nitrogens with zero attached hydrogens (tertiary/aromatic N) is 2. The van der Waals surface area contributed by atoms with Crippen LogP contribution in [0.3, 0.4) is 0 Å². The molecule has 0 aromatic carbocycles. The maximum Gasteiger partial charge on any atom is 0.320 e. The number of rotatable bonds is 8. The Kier molecular flexibility index (Phi) is 10.7. The summed E-state index contributed by atoms with van der Waals surface area (Å²) in [7, 11) is 1.63. The number of nitrogens with one attached hydrogen (secondary N) is 1. The molecule has 0 bridgehead atoms. The topological polar surface area (TPSA) is 90.0 Å². The molecule has 0 aliphatic carbocycles. The van der Waals surface area contributed by atoms with Crippen molar-refractivity contribution in [2.45, 2.75) is 46.1 Å². The summed E-state index contributed by atoms with van der Waals surface area (Å²) in [5, 5.41) is 11.9. The third kappa shape index (κ3) is 8.05. The van der Waals surface area contributed by atoms with Crippen molar-refractivity contribution in [1.29, 1.82) is 0 Å². The van der Waals surface area contributed by atoms with Crippen molar-refractivity contribution >= 4 is 30.2 Å². The summed E-state index contributed by atoms with van der Waals surface area (Å²) in [5.41, 5.74) is 0. The average Bonchev–Trinajstić information content (AvgIpc) is 2.53. The minimum absolute atomic E-state index is 0. The molecule has 1 atom stereocenters. The number of carboxylic acid groups (broad SMARTS) is 1. The van der Waals surface area contributed by atoms with Gasteiger partial charge in [-0.25, -0.2) is 0 Å². The number of carbonyl (C=O) groups excluding carboxylic acids is 2. The first-order valence-corrected chi connectivity index (χ1v) is 8.70. The molecule has 1 heterocycles. The van der Waals surface area contributed by atoms with Crippen molar-refractivity contribution in [3.8, 4) is 0 Å². The summed E-state index contributed by atoms with van der Waals surface area (Å²) in [4.78, 5) is 38.5. The van der Waals surface area contributed by atoms with Gasteiger partial charge in [-0.2, -0.15) is 0 Å². The molecule has 8 heteroatoms. The van der Waals surface area contributed by atoms with Gasteiger partial charge in [0.1, 0.15) is 6.04 Å². The van der Waals surface area contributed by atoms with Crippen LogP contribution in [0.15, 0.2) is 0 Å². The number of piperidine rings is 1. The van der Waals surface area contributed by atoms with Gasteiger partial charge in [-0.1, -0.05) is 13.8 Å². The monoisotopic (exact) mass is 377 g/mol. The van der Waals surface area contributed by atoms with Crippen LogP contribution in [0.1, 0.15) is 40.0 Å². The Balaban J connectivity index is 0.00000576. The lowest BCUT2D eigenvalue weighted by Gasteiger charge is -2.33. The molecule has 1 fully saturated rings. The quantitative estimate of drug-likeness (QED) is 0.663. The summed E-state index contributed by atoms with van der Waals surface area (Å²) in [6, 6.07) is -0.696. The van der Waals surface area contributed by atoms with Crippen LogP contribution >= 0.6 is 12.4 Å². The van der Waals surface area contributed by atoms with Gasteiger partial charge in [0.15, 0.2) is 0 Å². The van der Waals surface area contributed by atoms with Crippen LogP contribution in [0.25, 0.3) is 0 Å². The lowest BCUT2D eigenvalue weighted by atomic mass is 9.95. The van der Waals surface area contributed by atoms with E-state index in [0.29, 0.717) is 38.4 Å². The highest BCUT2D eigenvalue weighted by Gasteiger charge is 2.28. The van der Waals surface area contributed by atoms with Gasteiger partial charge >= 0.3 is 5.97 Å².